The van der Waals surface area contributed by atoms with Crippen molar-refractivity contribution in [2.75, 3.05) is 6.61 Å². The number of rotatable bonds is 4. The maximum Gasteiger partial charge on any atom is 0.124 e. The average Bonchev–Trinajstić information content (AvgIpc) is 2.15. The zero-order valence-electron chi connectivity index (χ0n) is 9.46. The van der Waals surface area contributed by atoms with Gasteiger partial charge in [-0.25, -0.2) is 4.39 Å². The second kappa shape index (κ2) is 5.12. The van der Waals surface area contributed by atoms with Gasteiger partial charge < -0.3 is 10.5 Å². The van der Waals surface area contributed by atoms with Crippen LogP contribution in [0.1, 0.15) is 32.4 Å². The summed E-state index contributed by atoms with van der Waals surface area (Å²) in [5.74, 6) is 0.843. The monoisotopic (exact) mass is 211 g/mol. The molecule has 0 bridgehead atoms. The van der Waals surface area contributed by atoms with Gasteiger partial charge in [-0.15, -0.1) is 0 Å². The molecule has 3 heteroatoms. The minimum absolute atomic E-state index is 0.220. The smallest absolute Gasteiger partial charge is 0.124 e. The van der Waals surface area contributed by atoms with E-state index in [2.05, 4.69) is 13.8 Å². The lowest BCUT2D eigenvalue weighted by Gasteiger charge is -2.15. The summed E-state index contributed by atoms with van der Waals surface area (Å²) in [7, 11) is 0. The molecule has 0 aliphatic heterocycles. The van der Waals surface area contributed by atoms with E-state index in [9.17, 15) is 4.39 Å². The molecule has 0 spiro atoms. The second-order valence-corrected chi connectivity index (χ2v) is 4.18. The van der Waals surface area contributed by atoms with Gasteiger partial charge in [-0.1, -0.05) is 13.8 Å². The summed E-state index contributed by atoms with van der Waals surface area (Å²) in [5.41, 5.74) is 6.46. The molecule has 84 valence electrons. The molecule has 2 N–H and O–H groups in total. The highest BCUT2D eigenvalue weighted by Gasteiger charge is 2.09. The Kier molecular flexibility index (Phi) is 4.09. The van der Waals surface area contributed by atoms with Gasteiger partial charge in [0.25, 0.3) is 0 Å². The Morgan fingerprint density at radius 1 is 1.33 bits per heavy atom. The number of ether oxygens (including phenoxy) is 1. The summed E-state index contributed by atoms with van der Waals surface area (Å²) in [6.07, 6.45) is 0. The highest BCUT2D eigenvalue weighted by atomic mass is 19.1. The molecule has 2 nitrogen and oxygen atoms in total. The zero-order chi connectivity index (χ0) is 11.4. The Morgan fingerprint density at radius 2 is 2.00 bits per heavy atom. The van der Waals surface area contributed by atoms with Gasteiger partial charge in [0.2, 0.25) is 0 Å². The van der Waals surface area contributed by atoms with E-state index >= 15 is 0 Å². The van der Waals surface area contributed by atoms with Crippen LogP contribution in [0.15, 0.2) is 18.2 Å². The first kappa shape index (κ1) is 12.0. The van der Waals surface area contributed by atoms with Crippen molar-refractivity contribution >= 4 is 0 Å². The third-order valence-corrected chi connectivity index (χ3v) is 2.03. The summed E-state index contributed by atoms with van der Waals surface area (Å²) in [4.78, 5) is 0. The van der Waals surface area contributed by atoms with Crippen LogP contribution in [0.3, 0.4) is 0 Å². The van der Waals surface area contributed by atoms with Crippen molar-refractivity contribution in [1.29, 1.82) is 0 Å². The third kappa shape index (κ3) is 3.51. The molecule has 15 heavy (non-hydrogen) atoms. The number of benzene rings is 1. The van der Waals surface area contributed by atoms with E-state index in [0.29, 0.717) is 18.3 Å². The predicted molar refractivity (Wildman–Crippen MR) is 59.3 cm³/mol. The van der Waals surface area contributed by atoms with E-state index in [-0.39, 0.29) is 11.9 Å². The van der Waals surface area contributed by atoms with Crippen LogP contribution in [0.4, 0.5) is 4.39 Å². The molecule has 0 aliphatic rings. The fourth-order valence-corrected chi connectivity index (χ4v) is 1.26. The maximum absolute atomic E-state index is 13.0. The van der Waals surface area contributed by atoms with Gasteiger partial charge in [0.15, 0.2) is 0 Å². The lowest BCUT2D eigenvalue weighted by atomic mass is 10.1. The second-order valence-electron chi connectivity index (χ2n) is 4.18. The minimum Gasteiger partial charge on any atom is -0.493 e. The molecule has 1 aromatic carbocycles. The molecule has 1 aromatic rings. The van der Waals surface area contributed by atoms with E-state index < -0.39 is 0 Å². The Hall–Kier alpha value is -1.09. The predicted octanol–water partition coefficient (Wildman–Crippen LogP) is 2.88. The molecule has 0 unspecified atom stereocenters. The summed E-state index contributed by atoms with van der Waals surface area (Å²) in [5, 5.41) is 0. The number of nitrogens with two attached hydrogens (primary N) is 1. The summed E-state index contributed by atoms with van der Waals surface area (Å²) >= 11 is 0. The standard InChI is InChI=1S/C12H18FNO/c1-8(2)7-15-12-5-4-10(13)6-11(12)9(3)14/h4-6,8-9H,7,14H2,1-3H3/t9-/m1/s1. The van der Waals surface area contributed by atoms with Gasteiger partial charge in [-0.3, -0.25) is 0 Å². The van der Waals surface area contributed by atoms with Crippen molar-refractivity contribution in [2.45, 2.75) is 26.8 Å². The normalized spacial score (nSPS) is 12.9. The van der Waals surface area contributed by atoms with Crippen molar-refractivity contribution in [1.82, 2.24) is 0 Å². The summed E-state index contributed by atoms with van der Waals surface area (Å²) < 4.78 is 18.6. The molecule has 0 fully saturated rings. The van der Waals surface area contributed by atoms with Crippen LogP contribution in [0, 0.1) is 11.7 Å². The maximum atomic E-state index is 13.0. The van der Waals surface area contributed by atoms with E-state index in [1.165, 1.54) is 12.1 Å². The fraction of sp³-hybridized carbons (Fsp3) is 0.500. The van der Waals surface area contributed by atoms with Crippen LogP contribution in [0.5, 0.6) is 5.75 Å². The summed E-state index contributed by atoms with van der Waals surface area (Å²) in [6.45, 7) is 6.56. The van der Waals surface area contributed by atoms with Gasteiger partial charge in [-0.2, -0.15) is 0 Å². The molecule has 0 heterocycles. The van der Waals surface area contributed by atoms with E-state index in [4.69, 9.17) is 10.5 Å². The van der Waals surface area contributed by atoms with Crippen molar-refractivity contribution in [3.05, 3.63) is 29.6 Å². The van der Waals surface area contributed by atoms with E-state index in [1.54, 1.807) is 6.07 Å². The largest absolute Gasteiger partial charge is 0.493 e. The molecular weight excluding hydrogens is 193 g/mol. The summed E-state index contributed by atoms with van der Waals surface area (Å²) in [6, 6.07) is 4.24. The zero-order valence-corrected chi connectivity index (χ0v) is 9.46. The van der Waals surface area contributed by atoms with Gasteiger partial charge in [-0.05, 0) is 31.0 Å². The van der Waals surface area contributed by atoms with E-state index in [1.807, 2.05) is 6.92 Å². The lowest BCUT2D eigenvalue weighted by molar-refractivity contribution is 0.267. The number of hydrogen-bond acceptors (Lipinski definition) is 2. The third-order valence-electron chi connectivity index (χ3n) is 2.03. The molecule has 0 aliphatic carbocycles. The Morgan fingerprint density at radius 3 is 2.53 bits per heavy atom. The Bertz CT molecular complexity index is 323. The molecule has 0 radical (unpaired) electrons. The highest BCUT2D eigenvalue weighted by Crippen LogP contribution is 2.25. The molecule has 1 atom stereocenters. The molecule has 0 saturated heterocycles. The molecule has 0 amide bonds. The number of halogens is 1. The van der Waals surface area contributed by atoms with Crippen molar-refractivity contribution in [3.63, 3.8) is 0 Å². The van der Waals surface area contributed by atoms with Crippen LogP contribution >= 0.6 is 0 Å². The molecular formula is C12H18FNO. The van der Waals surface area contributed by atoms with Gasteiger partial charge >= 0.3 is 0 Å². The van der Waals surface area contributed by atoms with Crippen molar-refractivity contribution in [3.8, 4) is 5.75 Å². The quantitative estimate of drug-likeness (QED) is 0.831. The van der Waals surface area contributed by atoms with Gasteiger partial charge in [0, 0.05) is 11.6 Å². The van der Waals surface area contributed by atoms with Crippen LogP contribution in [-0.4, -0.2) is 6.61 Å². The molecule has 0 saturated carbocycles. The first-order valence-corrected chi connectivity index (χ1v) is 5.18. The van der Waals surface area contributed by atoms with Crippen LogP contribution < -0.4 is 10.5 Å². The van der Waals surface area contributed by atoms with Crippen LogP contribution in [-0.2, 0) is 0 Å². The lowest BCUT2D eigenvalue weighted by Crippen LogP contribution is -2.11. The average molecular weight is 211 g/mol. The highest BCUT2D eigenvalue weighted by molar-refractivity contribution is 5.36. The van der Waals surface area contributed by atoms with E-state index in [0.717, 1.165) is 5.56 Å². The van der Waals surface area contributed by atoms with Crippen LogP contribution in [0.2, 0.25) is 0 Å². The molecule has 1 rings (SSSR count). The van der Waals surface area contributed by atoms with Gasteiger partial charge in [0.1, 0.15) is 11.6 Å². The van der Waals surface area contributed by atoms with Gasteiger partial charge in [0.05, 0.1) is 6.61 Å². The Balaban J connectivity index is 2.86. The van der Waals surface area contributed by atoms with Crippen molar-refractivity contribution in [2.24, 2.45) is 11.7 Å². The first-order chi connectivity index (χ1) is 7.00. The SMILES string of the molecule is CC(C)COc1ccc(F)cc1[C@@H](C)N. The van der Waals surface area contributed by atoms with Crippen molar-refractivity contribution < 1.29 is 9.13 Å². The fourth-order valence-electron chi connectivity index (χ4n) is 1.26. The number of hydrogen-bond donors (Lipinski definition) is 1. The minimum atomic E-state index is -0.279. The van der Waals surface area contributed by atoms with Crippen LogP contribution in [0.25, 0.3) is 0 Å². The molecule has 0 aromatic heterocycles. The topological polar surface area (TPSA) is 35.2 Å². The Labute approximate surface area is 90.2 Å². The first-order valence-electron chi connectivity index (χ1n) is 5.18.